The van der Waals surface area contributed by atoms with Gasteiger partial charge in [0.05, 0.1) is 0 Å². The van der Waals surface area contributed by atoms with Crippen molar-refractivity contribution in [1.29, 1.82) is 0 Å². The molecule has 0 amide bonds. The second-order valence-electron chi connectivity index (χ2n) is 5.41. The Labute approximate surface area is 142 Å². The van der Waals surface area contributed by atoms with Crippen molar-refractivity contribution in [3.05, 3.63) is 97.2 Å². The second-order valence-corrected chi connectivity index (χ2v) is 5.41. The molecule has 0 aromatic carbocycles. The number of hydrogen-bond donors (Lipinski definition) is 0. The zero-order chi connectivity index (χ0) is 16.3. The molecule has 1 rings (SSSR count). The van der Waals surface area contributed by atoms with Crippen LogP contribution in [0, 0.1) is 6.08 Å². The first-order chi connectivity index (χ1) is 11.5. The highest BCUT2D eigenvalue weighted by atomic mass is 13.9. The zero-order valence-electron chi connectivity index (χ0n) is 14.1. The van der Waals surface area contributed by atoms with Crippen LogP contribution in [0.3, 0.4) is 0 Å². The van der Waals surface area contributed by atoms with Crippen LogP contribution >= 0.6 is 0 Å². The van der Waals surface area contributed by atoms with Crippen LogP contribution in [-0.4, -0.2) is 0 Å². The summed E-state index contributed by atoms with van der Waals surface area (Å²) >= 11 is 0. The number of allylic oxidation sites excluding steroid dienone is 16. The van der Waals surface area contributed by atoms with Gasteiger partial charge in [0.2, 0.25) is 0 Å². The van der Waals surface area contributed by atoms with E-state index in [1.54, 1.807) is 0 Å². The van der Waals surface area contributed by atoms with Gasteiger partial charge in [-0.3, -0.25) is 0 Å². The van der Waals surface area contributed by atoms with E-state index in [9.17, 15) is 0 Å². The minimum atomic E-state index is 1.07. The van der Waals surface area contributed by atoms with Gasteiger partial charge in [0.15, 0.2) is 0 Å². The predicted molar refractivity (Wildman–Crippen MR) is 104 cm³/mol. The lowest BCUT2D eigenvalue weighted by molar-refractivity contribution is 0.619. The minimum Gasteiger partial charge on any atom is -0.0845 e. The molecule has 0 saturated carbocycles. The Bertz CT molecular complexity index is 444. The molecule has 1 aliphatic rings. The standard InChI is InChI=1S/C23H29/c1-2-4-6-8-10-12-14-16-18-20-22-23-21-19-17-15-13-11-9-7-5-3-1/h1-15H,16,18-23H2/b2-1-,5-3-,6-4-,9-7-,10-8-,13-11-,14-12-,17-15?. The zero-order valence-corrected chi connectivity index (χ0v) is 14.1. The van der Waals surface area contributed by atoms with E-state index in [-0.39, 0.29) is 0 Å². The van der Waals surface area contributed by atoms with Crippen LogP contribution in [0.1, 0.15) is 44.9 Å². The Hall–Kier alpha value is -2.08. The van der Waals surface area contributed by atoms with Crippen molar-refractivity contribution < 1.29 is 0 Å². The van der Waals surface area contributed by atoms with Gasteiger partial charge in [-0.15, -0.1) is 0 Å². The Balaban J connectivity index is 2.44. The van der Waals surface area contributed by atoms with E-state index >= 15 is 0 Å². The first kappa shape index (κ1) is 19.0. The van der Waals surface area contributed by atoms with E-state index < -0.39 is 0 Å². The van der Waals surface area contributed by atoms with Crippen LogP contribution < -0.4 is 0 Å². The first-order valence-corrected chi connectivity index (χ1v) is 8.72. The fourth-order valence-electron chi connectivity index (χ4n) is 2.11. The van der Waals surface area contributed by atoms with Gasteiger partial charge in [0.25, 0.3) is 0 Å². The van der Waals surface area contributed by atoms with Gasteiger partial charge in [-0.2, -0.15) is 0 Å². The van der Waals surface area contributed by atoms with Crippen LogP contribution in [0.2, 0.25) is 0 Å². The lowest BCUT2D eigenvalue weighted by atomic mass is 10.1. The van der Waals surface area contributed by atoms with Crippen LogP contribution in [0.15, 0.2) is 91.1 Å². The van der Waals surface area contributed by atoms with Gasteiger partial charge in [-0.05, 0) is 31.8 Å². The summed E-state index contributed by atoms with van der Waals surface area (Å²) in [7, 11) is 0. The maximum absolute atomic E-state index is 3.33. The van der Waals surface area contributed by atoms with Crippen molar-refractivity contribution in [1.82, 2.24) is 0 Å². The van der Waals surface area contributed by atoms with Crippen molar-refractivity contribution in [2.75, 3.05) is 0 Å². The quantitative estimate of drug-likeness (QED) is 0.452. The Kier molecular flexibility index (Phi) is 13.4. The fraction of sp³-hybridized carbons (Fsp3) is 0.304. The van der Waals surface area contributed by atoms with E-state index in [1.807, 2.05) is 66.8 Å². The van der Waals surface area contributed by atoms with E-state index in [0.29, 0.717) is 0 Å². The molecule has 23 heavy (non-hydrogen) atoms. The molecule has 0 N–H and O–H groups in total. The summed E-state index contributed by atoms with van der Waals surface area (Å²) in [6.07, 6.45) is 43.0. The lowest BCUT2D eigenvalue weighted by Crippen LogP contribution is -1.78. The average Bonchev–Trinajstić information content (AvgIpc) is 2.56. The van der Waals surface area contributed by atoms with E-state index in [1.165, 1.54) is 38.5 Å². The normalized spacial score (nSPS) is 29.6. The highest BCUT2D eigenvalue weighted by Gasteiger charge is 1.88. The molecule has 121 valence electrons. The van der Waals surface area contributed by atoms with Crippen LogP contribution in [0.4, 0.5) is 0 Å². The molecule has 0 aromatic rings. The average molecular weight is 305 g/mol. The molecular weight excluding hydrogens is 276 g/mol. The topological polar surface area (TPSA) is 0 Å². The first-order valence-electron chi connectivity index (χ1n) is 8.72. The van der Waals surface area contributed by atoms with Crippen LogP contribution in [0.5, 0.6) is 0 Å². The molecule has 0 aliphatic heterocycles. The van der Waals surface area contributed by atoms with Crippen molar-refractivity contribution in [2.24, 2.45) is 0 Å². The summed E-state index contributed by atoms with van der Waals surface area (Å²) in [4.78, 5) is 0. The summed E-state index contributed by atoms with van der Waals surface area (Å²) in [6.45, 7) is 0. The van der Waals surface area contributed by atoms with E-state index in [2.05, 4.69) is 30.4 Å². The van der Waals surface area contributed by atoms with Gasteiger partial charge < -0.3 is 0 Å². The van der Waals surface area contributed by atoms with Crippen molar-refractivity contribution in [3.63, 3.8) is 0 Å². The predicted octanol–water partition coefficient (Wildman–Crippen LogP) is 6.98. The fourth-order valence-corrected chi connectivity index (χ4v) is 2.11. The third-order valence-corrected chi connectivity index (χ3v) is 3.38. The molecule has 0 bridgehead atoms. The molecule has 0 nitrogen and oxygen atoms in total. The largest absolute Gasteiger partial charge is 0.0845 e. The van der Waals surface area contributed by atoms with E-state index in [4.69, 9.17) is 0 Å². The van der Waals surface area contributed by atoms with Gasteiger partial charge in [0, 0.05) is 0 Å². The summed E-state index contributed by atoms with van der Waals surface area (Å²) < 4.78 is 0. The maximum Gasteiger partial charge on any atom is -0.0276 e. The van der Waals surface area contributed by atoms with Gasteiger partial charge in [-0.25, -0.2) is 0 Å². The molecular formula is C23H29. The highest BCUT2D eigenvalue weighted by Crippen LogP contribution is 2.07. The molecule has 0 spiro atoms. The molecule has 0 heterocycles. The van der Waals surface area contributed by atoms with E-state index in [0.717, 1.165) is 6.42 Å². The molecule has 0 saturated heterocycles. The molecule has 0 atom stereocenters. The molecule has 0 unspecified atom stereocenters. The van der Waals surface area contributed by atoms with Gasteiger partial charge in [0.1, 0.15) is 0 Å². The number of rotatable bonds is 0. The minimum absolute atomic E-state index is 1.07. The van der Waals surface area contributed by atoms with Crippen molar-refractivity contribution in [2.45, 2.75) is 44.9 Å². The lowest BCUT2D eigenvalue weighted by Gasteiger charge is -1.97. The molecule has 0 fully saturated rings. The molecule has 0 aromatic heterocycles. The smallest absolute Gasteiger partial charge is 0.0276 e. The Morgan fingerprint density at radius 1 is 0.435 bits per heavy atom. The third kappa shape index (κ3) is 14.6. The SMILES string of the molecule is [C]1=C/C=C\C=C/C=C\C=C/C=C\C=C/C=C\CCCCCCC\1. The third-order valence-electron chi connectivity index (χ3n) is 3.38. The molecule has 1 aliphatic carbocycles. The summed E-state index contributed by atoms with van der Waals surface area (Å²) in [5.41, 5.74) is 0. The summed E-state index contributed by atoms with van der Waals surface area (Å²) in [6, 6.07) is 0. The molecule has 1 radical (unpaired) electrons. The van der Waals surface area contributed by atoms with Crippen molar-refractivity contribution in [3.8, 4) is 0 Å². The number of hydrogen-bond acceptors (Lipinski definition) is 0. The highest BCUT2D eigenvalue weighted by molar-refractivity contribution is 5.21. The van der Waals surface area contributed by atoms with Crippen LogP contribution in [-0.2, 0) is 0 Å². The van der Waals surface area contributed by atoms with Gasteiger partial charge >= 0.3 is 0 Å². The maximum atomic E-state index is 3.33. The molecule has 0 heteroatoms. The van der Waals surface area contributed by atoms with Crippen LogP contribution in [0.25, 0.3) is 0 Å². The Morgan fingerprint density at radius 3 is 1.57 bits per heavy atom. The monoisotopic (exact) mass is 305 g/mol. The second kappa shape index (κ2) is 16.3. The summed E-state index contributed by atoms with van der Waals surface area (Å²) in [5.74, 6) is 0. The van der Waals surface area contributed by atoms with Gasteiger partial charge in [-0.1, -0.05) is 110 Å². The Morgan fingerprint density at radius 2 is 0.913 bits per heavy atom. The van der Waals surface area contributed by atoms with Crippen molar-refractivity contribution >= 4 is 0 Å². The summed E-state index contributed by atoms with van der Waals surface area (Å²) in [5, 5.41) is 0.